The van der Waals surface area contributed by atoms with E-state index in [1.54, 1.807) is 12.2 Å². The van der Waals surface area contributed by atoms with E-state index < -0.39 is 85.8 Å². The van der Waals surface area contributed by atoms with Gasteiger partial charge in [0.1, 0.15) is 42.2 Å². The summed E-state index contributed by atoms with van der Waals surface area (Å²) in [5.74, 6) is -1.64. The Hall–Kier alpha value is -2.35. The monoisotopic (exact) mass is 492 g/mol. The third kappa shape index (κ3) is 4.28. The van der Waals surface area contributed by atoms with E-state index in [9.17, 15) is 30.3 Å². The molecule has 3 heterocycles. The standard InChI is InChI=1S/C24H28O11/c25-10-14-17(28)18(29)19(30)23(32-14)34-22-16-13(8-9-31-22)20(21-24(16,11-26)35-21)33-15(27)7-6-12-4-2-1-3-5-12/h1-9,13-14,16-23,25-26,28-30H,10-11H2/b7-6+/t13-,14+,16-,17+,18-,19+,20+,21+,22+,23-,24+/m1/s1. The normalized spacial score (nSPS) is 43.9. The van der Waals surface area contributed by atoms with Gasteiger partial charge in [-0.25, -0.2) is 4.79 Å². The summed E-state index contributed by atoms with van der Waals surface area (Å²) < 4.78 is 28.3. The maximum Gasteiger partial charge on any atom is 0.331 e. The SMILES string of the molecule is O=C(/C=C/c1ccccc1)O[C@H]1[C@@H]2C=CO[C@@H](O[C@H]3O[C@@H](CO)[C@H](O)[C@@H](O)[C@@H]3O)[C@@H]2[C@]2(CO)O[C@@H]12. The molecule has 1 aliphatic carbocycles. The summed E-state index contributed by atoms with van der Waals surface area (Å²) in [6, 6.07) is 9.26. The molecule has 3 fully saturated rings. The third-order valence-electron chi connectivity index (χ3n) is 7.06. The molecule has 0 bridgehead atoms. The highest BCUT2D eigenvalue weighted by atomic mass is 16.8. The fourth-order valence-corrected chi connectivity index (χ4v) is 5.19. The second kappa shape index (κ2) is 9.60. The number of fused-ring (bicyclic) bond motifs is 3. The van der Waals surface area contributed by atoms with E-state index in [0.29, 0.717) is 0 Å². The number of carbonyl (C=O) groups is 1. The Morgan fingerprint density at radius 2 is 1.83 bits per heavy atom. The smallest absolute Gasteiger partial charge is 0.331 e. The largest absolute Gasteiger partial charge is 0.472 e. The van der Waals surface area contributed by atoms with Gasteiger partial charge in [0, 0.05) is 12.0 Å². The van der Waals surface area contributed by atoms with Crippen LogP contribution in [-0.4, -0.2) is 99.5 Å². The molecule has 1 aromatic carbocycles. The van der Waals surface area contributed by atoms with Crippen LogP contribution in [0.4, 0.5) is 0 Å². The topological polar surface area (TPSA) is 168 Å². The van der Waals surface area contributed by atoms with Crippen molar-refractivity contribution in [2.75, 3.05) is 13.2 Å². The van der Waals surface area contributed by atoms with Crippen LogP contribution in [0.5, 0.6) is 0 Å². The minimum absolute atomic E-state index is 0.390. The van der Waals surface area contributed by atoms with Crippen molar-refractivity contribution in [3.63, 3.8) is 0 Å². The number of epoxide rings is 1. The van der Waals surface area contributed by atoms with Crippen LogP contribution in [-0.2, 0) is 28.5 Å². The van der Waals surface area contributed by atoms with Crippen molar-refractivity contribution in [2.45, 2.75) is 54.8 Å². The van der Waals surface area contributed by atoms with Crippen LogP contribution in [0.2, 0.25) is 0 Å². The van der Waals surface area contributed by atoms with Gasteiger partial charge in [-0.1, -0.05) is 30.3 Å². The molecule has 5 rings (SSSR count). The molecule has 1 saturated carbocycles. The predicted octanol–water partition coefficient (Wildman–Crippen LogP) is -1.33. The first-order valence-electron chi connectivity index (χ1n) is 11.4. The summed E-state index contributed by atoms with van der Waals surface area (Å²) in [5, 5.41) is 50.0. The van der Waals surface area contributed by atoms with E-state index in [-0.39, 0.29) is 0 Å². The van der Waals surface area contributed by atoms with Gasteiger partial charge in [-0.05, 0) is 17.7 Å². The first-order valence-corrected chi connectivity index (χ1v) is 11.4. The zero-order valence-corrected chi connectivity index (χ0v) is 18.6. The van der Waals surface area contributed by atoms with Crippen molar-refractivity contribution in [3.8, 4) is 0 Å². The Balaban J connectivity index is 1.31. The van der Waals surface area contributed by atoms with Gasteiger partial charge in [0.2, 0.25) is 6.29 Å². The lowest BCUT2D eigenvalue weighted by molar-refractivity contribution is -0.344. The number of aliphatic hydroxyl groups is 5. The van der Waals surface area contributed by atoms with E-state index in [2.05, 4.69) is 0 Å². The van der Waals surface area contributed by atoms with Gasteiger partial charge < -0.3 is 49.2 Å². The molecular weight excluding hydrogens is 464 g/mol. The number of carbonyl (C=O) groups excluding carboxylic acids is 1. The number of ether oxygens (including phenoxy) is 5. The average molecular weight is 492 g/mol. The molecule has 35 heavy (non-hydrogen) atoms. The van der Waals surface area contributed by atoms with E-state index in [4.69, 9.17) is 23.7 Å². The second-order valence-corrected chi connectivity index (χ2v) is 9.07. The molecule has 0 radical (unpaired) electrons. The third-order valence-corrected chi connectivity index (χ3v) is 7.06. The Morgan fingerprint density at radius 1 is 1.06 bits per heavy atom. The highest BCUT2D eigenvalue weighted by molar-refractivity contribution is 5.87. The zero-order valence-electron chi connectivity index (χ0n) is 18.6. The maximum atomic E-state index is 12.5. The van der Waals surface area contributed by atoms with Gasteiger partial charge >= 0.3 is 5.97 Å². The molecule has 11 atom stereocenters. The van der Waals surface area contributed by atoms with Crippen molar-refractivity contribution < 1.29 is 54.0 Å². The van der Waals surface area contributed by atoms with Crippen LogP contribution in [0.15, 0.2) is 48.7 Å². The molecule has 0 unspecified atom stereocenters. The number of aliphatic hydroxyl groups excluding tert-OH is 5. The quantitative estimate of drug-likeness (QED) is 0.174. The van der Waals surface area contributed by atoms with Crippen molar-refractivity contribution in [1.29, 1.82) is 0 Å². The van der Waals surface area contributed by atoms with Crippen LogP contribution in [0.3, 0.4) is 0 Å². The van der Waals surface area contributed by atoms with Crippen molar-refractivity contribution in [2.24, 2.45) is 11.8 Å². The number of benzene rings is 1. The average Bonchev–Trinajstić information content (AvgIpc) is 3.56. The van der Waals surface area contributed by atoms with Crippen LogP contribution in [0.25, 0.3) is 6.08 Å². The van der Waals surface area contributed by atoms with Crippen molar-refractivity contribution in [1.82, 2.24) is 0 Å². The molecule has 2 saturated heterocycles. The first-order chi connectivity index (χ1) is 16.9. The second-order valence-electron chi connectivity index (χ2n) is 9.07. The van der Waals surface area contributed by atoms with Gasteiger partial charge in [-0.2, -0.15) is 0 Å². The number of hydrogen-bond donors (Lipinski definition) is 5. The van der Waals surface area contributed by atoms with Crippen LogP contribution in [0.1, 0.15) is 5.56 Å². The van der Waals surface area contributed by atoms with Crippen LogP contribution in [0, 0.1) is 11.8 Å². The molecule has 1 aromatic rings. The summed E-state index contributed by atoms with van der Waals surface area (Å²) in [4.78, 5) is 12.5. The molecule has 3 aliphatic heterocycles. The van der Waals surface area contributed by atoms with Crippen LogP contribution < -0.4 is 0 Å². The highest BCUT2D eigenvalue weighted by Crippen LogP contribution is 2.60. The van der Waals surface area contributed by atoms with Gasteiger partial charge in [0.25, 0.3) is 0 Å². The van der Waals surface area contributed by atoms with E-state index in [0.717, 1.165) is 5.56 Å². The highest BCUT2D eigenvalue weighted by Gasteiger charge is 2.77. The van der Waals surface area contributed by atoms with Gasteiger partial charge in [0.05, 0.1) is 25.4 Å². The molecule has 0 amide bonds. The van der Waals surface area contributed by atoms with Crippen LogP contribution >= 0.6 is 0 Å². The lowest BCUT2D eigenvalue weighted by Crippen LogP contribution is -2.60. The van der Waals surface area contributed by atoms with E-state index in [1.807, 2.05) is 30.3 Å². The fraction of sp³-hybridized carbons (Fsp3) is 0.542. The molecule has 11 heteroatoms. The molecule has 5 N–H and O–H groups in total. The minimum atomic E-state index is -1.63. The Kier molecular flexibility index (Phi) is 6.68. The molecule has 11 nitrogen and oxygen atoms in total. The number of rotatable bonds is 7. The van der Waals surface area contributed by atoms with E-state index in [1.165, 1.54) is 12.3 Å². The summed E-state index contributed by atoms with van der Waals surface area (Å²) in [6.45, 7) is -0.999. The zero-order chi connectivity index (χ0) is 24.7. The van der Waals surface area contributed by atoms with E-state index >= 15 is 0 Å². The lowest BCUT2D eigenvalue weighted by Gasteiger charge is -2.43. The summed E-state index contributed by atoms with van der Waals surface area (Å²) in [7, 11) is 0. The van der Waals surface area contributed by atoms with Gasteiger partial charge in [0.15, 0.2) is 6.29 Å². The van der Waals surface area contributed by atoms with Crippen molar-refractivity contribution >= 4 is 12.0 Å². The Morgan fingerprint density at radius 3 is 2.54 bits per heavy atom. The minimum Gasteiger partial charge on any atom is -0.472 e. The summed E-state index contributed by atoms with van der Waals surface area (Å²) >= 11 is 0. The molecule has 0 aromatic heterocycles. The number of hydrogen-bond acceptors (Lipinski definition) is 11. The molecule has 4 aliphatic rings. The fourth-order valence-electron chi connectivity index (χ4n) is 5.19. The predicted molar refractivity (Wildman–Crippen MR) is 116 cm³/mol. The summed E-state index contributed by atoms with van der Waals surface area (Å²) in [6.07, 6.45) is -3.78. The Labute approximate surface area is 200 Å². The maximum absolute atomic E-state index is 12.5. The summed E-state index contributed by atoms with van der Waals surface area (Å²) in [5.41, 5.74) is -0.262. The molecular formula is C24H28O11. The number of esters is 1. The van der Waals surface area contributed by atoms with Gasteiger partial charge in [-0.15, -0.1) is 0 Å². The first kappa shape index (κ1) is 24.3. The lowest BCUT2D eigenvalue weighted by atomic mass is 9.85. The van der Waals surface area contributed by atoms with Gasteiger partial charge in [-0.3, -0.25) is 0 Å². The molecule has 0 spiro atoms. The van der Waals surface area contributed by atoms with Crippen molar-refractivity contribution in [3.05, 3.63) is 54.3 Å². The molecule has 190 valence electrons. The Bertz CT molecular complexity index is 965.